The van der Waals surface area contributed by atoms with E-state index in [4.69, 9.17) is 47.4 Å². The molecular formula is C58H94O26. The molecule has 0 aromatic heterocycles. The fraction of sp³-hybridized carbons (Fsp3) is 0.948. The van der Waals surface area contributed by atoms with Gasteiger partial charge in [0.15, 0.2) is 25.2 Å². The minimum absolute atomic E-state index is 0.0946. The van der Waals surface area contributed by atoms with Gasteiger partial charge in [-0.15, -0.1) is 0 Å². The number of hydrogen-bond donors (Lipinski definition) is 15. The minimum atomic E-state index is -1.91. The third-order valence-electron chi connectivity index (χ3n) is 22.9. The zero-order valence-electron chi connectivity index (χ0n) is 49.0. The molecule has 0 spiro atoms. The maximum Gasteiger partial charge on any atom is 0.315 e. The van der Waals surface area contributed by atoms with E-state index in [9.17, 15) is 81.4 Å². The Morgan fingerprint density at radius 3 is 1.81 bits per heavy atom. The van der Waals surface area contributed by atoms with Crippen LogP contribution >= 0.6 is 0 Å². The minimum Gasteiger partial charge on any atom is -0.432 e. The Hall–Kier alpha value is -1.75. The van der Waals surface area contributed by atoms with Crippen molar-refractivity contribution in [2.24, 2.45) is 50.2 Å². The van der Waals surface area contributed by atoms with Crippen LogP contribution in [0.2, 0.25) is 0 Å². The summed E-state index contributed by atoms with van der Waals surface area (Å²) in [6.07, 6.45) is -28.8. The van der Waals surface area contributed by atoms with Crippen LogP contribution in [0.25, 0.3) is 0 Å². The molecule has 32 atom stereocenters. The first-order chi connectivity index (χ1) is 39.4. The third kappa shape index (κ3) is 10.8. The van der Waals surface area contributed by atoms with E-state index < -0.39 is 184 Å². The first kappa shape index (κ1) is 65.2. The summed E-state index contributed by atoms with van der Waals surface area (Å²) in [5.41, 5.74) is -1.71. The number of carbonyl (C=O) groups excluding carboxylic acids is 1. The number of hydrogen-bond acceptors (Lipinski definition) is 26. The summed E-state index contributed by atoms with van der Waals surface area (Å²) in [5.74, 6) is -0.710. The fourth-order valence-corrected chi connectivity index (χ4v) is 17.4. The van der Waals surface area contributed by atoms with Gasteiger partial charge in [0.1, 0.15) is 104 Å². The third-order valence-corrected chi connectivity index (χ3v) is 22.9. The molecule has 0 aromatic carbocycles. The topological polar surface area (TPSA) is 413 Å². The molecule has 0 radical (unpaired) electrons. The summed E-state index contributed by atoms with van der Waals surface area (Å²) < 4.78 is 59.4. The van der Waals surface area contributed by atoms with Crippen molar-refractivity contribution in [3.63, 3.8) is 0 Å². The molecule has 0 aromatic rings. The average Bonchev–Trinajstić information content (AvgIpc) is 0.688. The summed E-state index contributed by atoms with van der Waals surface area (Å²) in [4.78, 5) is 14.8. The zero-order chi connectivity index (χ0) is 61.1. The highest BCUT2D eigenvalue weighted by Crippen LogP contribution is 2.76. The number of allylic oxidation sites excluding steroid dienone is 2. The summed E-state index contributed by atoms with van der Waals surface area (Å²) >= 11 is 0. The lowest BCUT2D eigenvalue weighted by Gasteiger charge is -2.71. The molecule has 26 heteroatoms. The van der Waals surface area contributed by atoms with Crippen molar-refractivity contribution in [1.29, 1.82) is 0 Å². The van der Waals surface area contributed by atoms with Crippen molar-refractivity contribution in [2.45, 2.75) is 260 Å². The molecule has 84 heavy (non-hydrogen) atoms. The van der Waals surface area contributed by atoms with Crippen LogP contribution in [-0.4, -0.2) is 263 Å². The van der Waals surface area contributed by atoms with Crippen LogP contribution in [-0.2, 0) is 52.2 Å². The zero-order valence-corrected chi connectivity index (χ0v) is 49.0. The Kier molecular flexibility index (Phi) is 18.7. The second-order valence-electron chi connectivity index (χ2n) is 28.0. The van der Waals surface area contributed by atoms with Gasteiger partial charge in [-0.3, -0.25) is 4.79 Å². The Morgan fingerprint density at radius 1 is 0.560 bits per heavy atom. The normalized spacial score (nSPS) is 54.9. The second-order valence-corrected chi connectivity index (χ2v) is 28.0. The second kappa shape index (κ2) is 24.1. The average molecular weight is 1210 g/mol. The van der Waals surface area contributed by atoms with E-state index in [-0.39, 0.29) is 52.6 Å². The molecule has 15 N–H and O–H groups in total. The predicted octanol–water partition coefficient (Wildman–Crippen LogP) is -2.93. The van der Waals surface area contributed by atoms with Gasteiger partial charge in [0, 0.05) is 5.41 Å². The quantitative estimate of drug-likeness (QED) is 0.0499. The summed E-state index contributed by atoms with van der Waals surface area (Å²) in [6, 6.07) is 0. The summed E-state index contributed by atoms with van der Waals surface area (Å²) in [6.45, 7) is 12.4. The van der Waals surface area contributed by atoms with Crippen LogP contribution in [0.4, 0.5) is 0 Å². The highest BCUT2D eigenvalue weighted by Gasteiger charge is 2.71. The molecule has 4 saturated carbocycles. The monoisotopic (exact) mass is 1210 g/mol. The van der Waals surface area contributed by atoms with Gasteiger partial charge in [0.25, 0.3) is 0 Å². The lowest BCUT2D eigenvalue weighted by atomic mass is 9.33. The number of aliphatic hydroxyl groups excluding tert-OH is 15. The standard InChI is InChI=1S/C58H94O26/c1-24-34(63)45(82-47-41(70)38(67)30(22-76-47)80-48-42(71)39(68)36(65)28(19-59)78-48)44(73)50(77-24)83-46-35(64)27(62)21-75-51(46)81-33-11-12-54(4)31(55(33,5)23-61)10-13-57(7)32(54)9-8-25-26-18-53(2,3)14-16-58(26,17-15-56(25,57)6)52(74)84-49-43(72)40(69)37(66)29(20-60)79-49/h8,24,26-51,59-73H,9-23H2,1-7H3. The number of ether oxygens (including phenoxy) is 10. The molecule has 32 unspecified atom stereocenters. The summed E-state index contributed by atoms with van der Waals surface area (Å²) in [5, 5.41) is 162. The van der Waals surface area contributed by atoms with Gasteiger partial charge < -0.3 is 124 Å². The van der Waals surface area contributed by atoms with Gasteiger partial charge in [-0.05, 0) is 111 Å². The molecule has 0 bridgehead atoms. The van der Waals surface area contributed by atoms with E-state index in [1.54, 1.807) is 0 Å². The Labute approximate surface area is 488 Å². The van der Waals surface area contributed by atoms with E-state index in [2.05, 4.69) is 40.7 Å². The number of rotatable bonds is 13. The SMILES string of the molecule is CC1OC(OC2C(OC3CCC4(C)C(CCC5(C)C4CC=C4C6CC(C)(C)CCC6(C(=O)OC6OC(CO)C(O)C(O)C6O)CCC45C)C3(C)CO)OCC(O)C2O)C(O)C(OC2OCC(OC3OC(CO)C(O)C(O)C3O)C(O)C2O)C1O. The number of aliphatic hydroxyl groups is 15. The maximum absolute atomic E-state index is 14.8. The molecule has 5 saturated heterocycles. The molecule has 482 valence electrons. The van der Waals surface area contributed by atoms with Crippen LogP contribution in [0.1, 0.15) is 113 Å². The molecule has 10 rings (SSSR count). The highest BCUT2D eigenvalue weighted by atomic mass is 16.8. The molecule has 5 aliphatic heterocycles. The lowest BCUT2D eigenvalue weighted by molar-refractivity contribution is -0.383. The van der Waals surface area contributed by atoms with Crippen molar-refractivity contribution < 1.29 is 129 Å². The van der Waals surface area contributed by atoms with Crippen molar-refractivity contribution in [3.05, 3.63) is 11.6 Å². The van der Waals surface area contributed by atoms with E-state index in [0.29, 0.717) is 51.4 Å². The number of fused-ring (bicyclic) bond motifs is 7. The van der Waals surface area contributed by atoms with E-state index in [1.165, 1.54) is 12.5 Å². The van der Waals surface area contributed by atoms with Crippen LogP contribution in [0.15, 0.2) is 11.6 Å². The number of carbonyl (C=O) groups is 1. The van der Waals surface area contributed by atoms with Crippen molar-refractivity contribution in [2.75, 3.05) is 33.0 Å². The largest absolute Gasteiger partial charge is 0.432 e. The maximum atomic E-state index is 14.8. The van der Waals surface area contributed by atoms with Gasteiger partial charge in [0.2, 0.25) is 6.29 Å². The molecule has 5 heterocycles. The fourth-order valence-electron chi connectivity index (χ4n) is 17.4. The van der Waals surface area contributed by atoms with Crippen LogP contribution in [0.5, 0.6) is 0 Å². The van der Waals surface area contributed by atoms with E-state index >= 15 is 0 Å². The molecule has 5 aliphatic carbocycles. The highest BCUT2D eigenvalue weighted by molar-refractivity contribution is 5.79. The molecule has 9 fully saturated rings. The first-order valence-electron chi connectivity index (χ1n) is 30.2. The van der Waals surface area contributed by atoms with Gasteiger partial charge in [0.05, 0.1) is 50.7 Å². The van der Waals surface area contributed by atoms with Crippen molar-refractivity contribution >= 4 is 5.97 Å². The smallest absolute Gasteiger partial charge is 0.315 e. The van der Waals surface area contributed by atoms with E-state index in [0.717, 1.165) is 12.8 Å². The van der Waals surface area contributed by atoms with Crippen LogP contribution in [0.3, 0.4) is 0 Å². The number of esters is 1. The van der Waals surface area contributed by atoms with Gasteiger partial charge >= 0.3 is 5.97 Å². The van der Waals surface area contributed by atoms with Gasteiger partial charge in [-0.2, -0.15) is 0 Å². The van der Waals surface area contributed by atoms with Crippen LogP contribution in [0, 0.1) is 50.2 Å². The Balaban J connectivity index is 0.830. The molecule has 10 aliphatic rings. The Bertz CT molecular complexity index is 2330. The van der Waals surface area contributed by atoms with Gasteiger partial charge in [-0.25, -0.2) is 0 Å². The predicted molar refractivity (Wildman–Crippen MR) is 283 cm³/mol. The van der Waals surface area contributed by atoms with Crippen molar-refractivity contribution in [1.82, 2.24) is 0 Å². The molecule has 0 amide bonds. The first-order valence-corrected chi connectivity index (χ1v) is 30.2. The van der Waals surface area contributed by atoms with Crippen LogP contribution < -0.4 is 0 Å². The molecular weight excluding hydrogens is 1110 g/mol. The van der Waals surface area contributed by atoms with Gasteiger partial charge in [-0.1, -0.05) is 53.2 Å². The van der Waals surface area contributed by atoms with Crippen molar-refractivity contribution in [3.8, 4) is 0 Å². The molecule has 26 nitrogen and oxygen atoms in total. The lowest BCUT2D eigenvalue weighted by Crippen LogP contribution is -2.67. The Morgan fingerprint density at radius 2 is 1.15 bits per heavy atom. The summed E-state index contributed by atoms with van der Waals surface area (Å²) in [7, 11) is 0. The van der Waals surface area contributed by atoms with E-state index in [1.807, 2.05) is 6.92 Å².